The number of para-hydroxylation sites is 1. The minimum Gasteiger partial charge on any atom is -0.489 e. The minimum absolute atomic E-state index is 0.143. The van der Waals surface area contributed by atoms with E-state index in [0.717, 1.165) is 24.6 Å². The van der Waals surface area contributed by atoms with Crippen LogP contribution in [0, 0.1) is 0 Å². The molecule has 1 aromatic rings. The Hall–Kier alpha value is -1.18. The number of hydrogen-bond acceptors (Lipinski definition) is 2. The summed E-state index contributed by atoms with van der Waals surface area (Å²) in [4.78, 5) is 0. The lowest BCUT2D eigenvalue weighted by molar-refractivity contribution is 0.314. The fourth-order valence-electron chi connectivity index (χ4n) is 1.76. The Balaban J connectivity index is 0.000000606. The van der Waals surface area contributed by atoms with Crippen molar-refractivity contribution in [3.05, 3.63) is 23.8 Å². The molecule has 0 atom stereocenters. The third kappa shape index (κ3) is 2.69. The molecule has 2 rings (SSSR count). The molecule has 1 aliphatic rings. The van der Waals surface area contributed by atoms with E-state index in [1.807, 2.05) is 13.8 Å². The zero-order valence-corrected chi connectivity index (χ0v) is 11.1. The van der Waals surface area contributed by atoms with Crippen molar-refractivity contribution in [2.45, 2.75) is 40.0 Å². The van der Waals surface area contributed by atoms with Crippen molar-refractivity contribution in [1.29, 1.82) is 0 Å². The Morgan fingerprint density at radius 3 is 2.50 bits per heavy atom. The third-order valence-corrected chi connectivity index (χ3v) is 2.49. The Kier molecular flexibility index (Phi) is 4.22. The van der Waals surface area contributed by atoms with E-state index < -0.39 is 0 Å². The summed E-state index contributed by atoms with van der Waals surface area (Å²) < 4.78 is 5.72. The maximum atomic E-state index is 5.72. The van der Waals surface area contributed by atoms with Crippen molar-refractivity contribution in [2.75, 3.05) is 18.5 Å². The molecule has 2 nitrogen and oxygen atoms in total. The highest BCUT2D eigenvalue weighted by Gasteiger charge is 2.22. The van der Waals surface area contributed by atoms with Gasteiger partial charge in [0.1, 0.15) is 12.4 Å². The molecule has 1 aromatic carbocycles. The third-order valence-electron chi connectivity index (χ3n) is 2.49. The predicted molar refractivity (Wildman–Crippen MR) is 70.5 cm³/mol. The standard InChI is InChI=1S/C12H17NO.C2H6/c1-12(2,3)9-5-4-6-10-11(9)14-8-7-13-10;1-2/h4-6,13H,7-8H2,1-3H3;1-2H3. The van der Waals surface area contributed by atoms with Gasteiger partial charge in [0.2, 0.25) is 0 Å². The van der Waals surface area contributed by atoms with Crippen LogP contribution >= 0.6 is 0 Å². The number of nitrogens with one attached hydrogen (secondary N) is 1. The summed E-state index contributed by atoms with van der Waals surface area (Å²) in [5, 5.41) is 3.35. The van der Waals surface area contributed by atoms with Crippen LogP contribution in [0.25, 0.3) is 0 Å². The molecule has 0 aliphatic carbocycles. The molecule has 0 saturated carbocycles. The van der Waals surface area contributed by atoms with E-state index in [4.69, 9.17) is 4.74 Å². The molecule has 1 heterocycles. The van der Waals surface area contributed by atoms with Crippen LogP contribution in [0.15, 0.2) is 18.2 Å². The van der Waals surface area contributed by atoms with E-state index in [1.54, 1.807) is 0 Å². The Labute approximate surface area is 99.0 Å². The molecule has 0 bridgehead atoms. The van der Waals surface area contributed by atoms with E-state index in [2.05, 4.69) is 44.3 Å². The first-order valence-electron chi connectivity index (χ1n) is 6.09. The highest BCUT2D eigenvalue weighted by Crippen LogP contribution is 2.38. The fraction of sp³-hybridized carbons (Fsp3) is 0.571. The molecule has 0 fully saturated rings. The summed E-state index contributed by atoms with van der Waals surface area (Å²) in [6.45, 7) is 12.3. The number of ether oxygens (including phenoxy) is 1. The van der Waals surface area contributed by atoms with Gasteiger partial charge in [-0.05, 0) is 11.5 Å². The summed E-state index contributed by atoms with van der Waals surface area (Å²) in [5.74, 6) is 1.03. The average molecular weight is 221 g/mol. The molecular weight excluding hydrogens is 198 g/mol. The zero-order valence-electron chi connectivity index (χ0n) is 11.1. The number of anilines is 1. The van der Waals surface area contributed by atoms with E-state index in [0.29, 0.717) is 0 Å². The zero-order chi connectivity index (χ0) is 12.2. The summed E-state index contributed by atoms with van der Waals surface area (Å²) in [7, 11) is 0. The lowest BCUT2D eigenvalue weighted by Gasteiger charge is -2.27. The summed E-state index contributed by atoms with van der Waals surface area (Å²) >= 11 is 0. The van der Waals surface area contributed by atoms with Gasteiger partial charge in [0, 0.05) is 12.1 Å². The van der Waals surface area contributed by atoms with E-state index in [1.165, 1.54) is 5.56 Å². The Morgan fingerprint density at radius 2 is 1.88 bits per heavy atom. The predicted octanol–water partition coefficient (Wildman–Crippen LogP) is 3.81. The monoisotopic (exact) mass is 221 g/mol. The molecule has 1 aliphatic heterocycles. The van der Waals surface area contributed by atoms with E-state index >= 15 is 0 Å². The lowest BCUT2D eigenvalue weighted by atomic mass is 9.86. The molecule has 16 heavy (non-hydrogen) atoms. The van der Waals surface area contributed by atoms with E-state index in [-0.39, 0.29) is 5.41 Å². The second-order valence-electron chi connectivity index (χ2n) is 4.71. The van der Waals surface area contributed by atoms with Gasteiger partial charge >= 0.3 is 0 Å². The topological polar surface area (TPSA) is 21.3 Å². The van der Waals surface area contributed by atoms with Gasteiger partial charge in [0.05, 0.1) is 5.69 Å². The number of rotatable bonds is 0. The smallest absolute Gasteiger partial charge is 0.146 e. The maximum Gasteiger partial charge on any atom is 0.146 e. The number of hydrogen-bond donors (Lipinski definition) is 1. The molecule has 1 N–H and O–H groups in total. The maximum absolute atomic E-state index is 5.72. The Morgan fingerprint density at radius 1 is 1.19 bits per heavy atom. The van der Waals surface area contributed by atoms with Crippen LogP contribution < -0.4 is 10.1 Å². The van der Waals surface area contributed by atoms with Crippen LogP contribution in [-0.2, 0) is 5.41 Å². The van der Waals surface area contributed by atoms with Crippen LogP contribution in [-0.4, -0.2) is 13.2 Å². The summed E-state index contributed by atoms with van der Waals surface area (Å²) in [6.07, 6.45) is 0. The van der Waals surface area contributed by atoms with Crippen LogP contribution in [0.1, 0.15) is 40.2 Å². The Bertz CT molecular complexity index is 339. The van der Waals surface area contributed by atoms with Gasteiger partial charge in [-0.25, -0.2) is 0 Å². The second-order valence-corrected chi connectivity index (χ2v) is 4.71. The van der Waals surface area contributed by atoms with Crippen molar-refractivity contribution in [2.24, 2.45) is 0 Å². The van der Waals surface area contributed by atoms with Crippen LogP contribution in [0.3, 0.4) is 0 Å². The highest BCUT2D eigenvalue weighted by molar-refractivity contribution is 5.62. The molecule has 0 unspecified atom stereocenters. The van der Waals surface area contributed by atoms with Crippen molar-refractivity contribution in [3.63, 3.8) is 0 Å². The van der Waals surface area contributed by atoms with E-state index in [9.17, 15) is 0 Å². The van der Waals surface area contributed by atoms with Gasteiger partial charge in [-0.2, -0.15) is 0 Å². The van der Waals surface area contributed by atoms with Crippen LogP contribution in [0.5, 0.6) is 5.75 Å². The SMILES string of the molecule is CC.CC(C)(C)c1cccc2c1OCCN2. The first-order chi connectivity index (χ1) is 7.59. The first kappa shape index (κ1) is 12.9. The lowest BCUT2D eigenvalue weighted by Crippen LogP contribution is -2.22. The molecule has 2 heteroatoms. The van der Waals surface area contributed by atoms with Crippen molar-refractivity contribution >= 4 is 5.69 Å². The molecule has 0 aromatic heterocycles. The quantitative estimate of drug-likeness (QED) is 0.719. The molecule has 0 amide bonds. The van der Waals surface area contributed by atoms with Gasteiger partial charge in [0.25, 0.3) is 0 Å². The van der Waals surface area contributed by atoms with Gasteiger partial charge in [-0.1, -0.05) is 46.8 Å². The van der Waals surface area contributed by atoms with Gasteiger partial charge < -0.3 is 10.1 Å². The molecular formula is C14H23NO. The number of fused-ring (bicyclic) bond motifs is 1. The largest absolute Gasteiger partial charge is 0.489 e. The van der Waals surface area contributed by atoms with Crippen LogP contribution in [0.2, 0.25) is 0 Å². The van der Waals surface area contributed by atoms with Crippen molar-refractivity contribution in [3.8, 4) is 5.75 Å². The van der Waals surface area contributed by atoms with Crippen LogP contribution in [0.4, 0.5) is 5.69 Å². The first-order valence-corrected chi connectivity index (χ1v) is 6.09. The van der Waals surface area contributed by atoms with Crippen molar-refractivity contribution in [1.82, 2.24) is 0 Å². The highest BCUT2D eigenvalue weighted by atomic mass is 16.5. The van der Waals surface area contributed by atoms with Gasteiger partial charge in [-0.3, -0.25) is 0 Å². The average Bonchev–Trinajstić information content (AvgIpc) is 2.30. The summed E-state index contributed by atoms with van der Waals surface area (Å²) in [6, 6.07) is 6.30. The second kappa shape index (κ2) is 5.24. The molecule has 0 radical (unpaired) electrons. The van der Waals surface area contributed by atoms with Crippen molar-refractivity contribution < 1.29 is 4.74 Å². The molecule has 0 spiro atoms. The molecule has 0 saturated heterocycles. The van der Waals surface area contributed by atoms with Gasteiger partial charge in [0.15, 0.2) is 0 Å². The molecule has 90 valence electrons. The minimum atomic E-state index is 0.143. The van der Waals surface area contributed by atoms with Gasteiger partial charge in [-0.15, -0.1) is 0 Å². The summed E-state index contributed by atoms with van der Waals surface area (Å²) in [5.41, 5.74) is 2.55. The number of benzene rings is 1. The fourth-order valence-corrected chi connectivity index (χ4v) is 1.76. The normalized spacial score (nSPS) is 13.8.